The molecule has 8 heteroatoms. The normalized spacial score (nSPS) is 12.2. The van der Waals surface area contributed by atoms with Crippen LogP contribution in [0, 0.1) is 5.92 Å². The van der Waals surface area contributed by atoms with Gasteiger partial charge in [0.15, 0.2) is 17.1 Å². The van der Waals surface area contributed by atoms with Crippen molar-refractivity contribution in [2.24, 2.45) is 5.92 Å². The molecule has 1 aromatic heterocycles. The highest BCUT2D eigenvalue weighted by Crippen LogP contribution is 2.27. The number of amides is 1. The van der Waals surface area contributed by atoms with Gasteiger partial charge in [0.1, 0.15) is 5.75 Å². The Morgan fingerprint density at radius 1 is 1.06 bits per heavy atom. The van der Waals surface area contributed by atoms with Gasteiger partial charge in [0.05, 0.1) is 5.75 Å². The second-order valence-corrected chi connectivity index (χ2v) is 10.7. The van der Waals surface area contributed by atoms with Crippen LogP contribution in [0.5, 0.6) is 5.75 Å². The van der Waals surface area contributed by atoms with Crippen LogP contribution in [0.3, 0.4) is 0 Å². The predicted molar refractivity (Wildman–Crippen MR) is 142 cm³/mol. The Bertz CT molecular complexity index is 1080. The molecule has 2 aromatic carbocycles. The van der Waals surface area contributed by atoms with Gasteiger partial charge in [-0.15, -0.1) is 22.0 Å². The molecule has 1 amide bonds. The third-order valence-corrected chi connectivity index (χ3v) is 6.89. The van der Waals surface area contributed by atoms with Crippen LogP contribution in [0.4, 0.5) is 5.69 Å². The Hall–Kier alpha value is -2.45. The Morgan fingerprint density at radius 2 is 1.79 bits per heavy atom. The summed E-state index contributed by atoms with van der Waals surface area (Å²) < 4.78 is 8.26. The van der Waals surface area contributed by atoms with Crippen molar-refractivity contribution in [3.63, 3.8) is 0 Å². The summed E-state index contributed by atoms with van der Waals surface area (Å²) in [5.41, 5.74) is 2.08. The van der Waals surface area contributed by atoms with E-state index in [-0.39, 0.29) is 17.8 Å². The number of nitrogens with zero attached hydrogens (tertiary/aromatic N) is 3. The molecule has 0 saturated carbocycles. The number of hydrogen-bond acceptors (Lipinski definition) is 6. The maximum atomic E-state index is 12.6. The van der Waals surface area contributed by atoms with E-state index >= 15 is 0 Å². The van der Waals surface area contributed by atoms with E-state index in [2.05, 4.69) is 59.9 Å². The van der Waals surface area contributed by atoms with E-state index < -0.39 is 0 Å². The first-order valence-corrected chi connectivity index (χ1v) is 13.7. The third kappa shape index (κ3) is 7.27. The van der Waals surface area contributed by atoms with Gasteiger partial charge >= 0.3 is 0 Å². The van der Waals surface area contributed by atoms with Crippen LogP contribution in [-0.4, -0.2) is 32.7 Å². The highest BCUT2D eigenvalue weighted by molar-refractivity contribution is 7.99. The van der Waals surface area contributed by atoms with Crippen LogP contribution in [0.2, 0.25) is 0 Å². The van der Waals surface area contributed by atoms with Crippen LogP contribution in [0.1, 0.15) is 58.0 Å². The molecule has 0 aliphatic rings. The maximum Gasteiger partial charge on any atom is 0.234 e. The van der Waals surface area contributed by atoms with Crippen LogP contribution in [-0.2, 0) is 11.3 Å². The second kappa shape index (κ2) is 12.3. The molecular formula is C26H34N4O2S2. The van der Waals surface area contributed by atoms with E-state index in [4.69, 9.17) is 4.74 Å². The van der Waals surface area contributed by atoms with Gasteiger partial charge in [-0.3, -0.25) is 4.79 Å². The molecule has 1 heterocycles. The SMILES string of the molecule is CSc1cccc(NC(=O)CSc2nnc(C(C)Oc3ccc(C(C)C)cc3)n2CC(C)C)c1. The number of benzene rings is 2. The molecule has 0 radical (unpaired) electrons. The molecule has 3 rings (SSSR count). The highest BCUT2D eigenvalue weighted by Gasteiger charge is 2.21. The number of carbonyl (C=O) groups excluding carboxylic acids is 1. The number of thioether (sulfide) groups is 2. The Kier molecular flexibility index (Phi) is 9.47. The molecular weight excluding hydrogens is 464 g/mol. The van der Waals surface area contributed by atoms with E-state index in [1.807, 2.05) is 49.6 Å². The largest absolute Gasteiger partial charge is 0.483 e. The topological polar surface area (TPSA) is 69.0 Å². The molecule has 6 nitrogen and oxygen atoms in total. The van der Waals surface area contributed by atoms with E-state index in [1.165, 1.54) is 17.3 Å². The van der Waals surface area contributed by atoms with Crippen LogP contribution in [0.15, 0.2) is 58.6 Å². The molecule has 0 aliphatic heterocycles. The monoisotopic (exact) mass is 498 g/mol. The number of ether oxygens (including phenoxy) is 1. The molecule has 34 heavy (non-hydrogen) atoms. The molecule has 3 aromatic rings. The number of nitrogens with one attached hydrogen (secondary N) is 1. The smallest absolute Gasteiger partial charge is 0.234 e. The Morgan fingerprint density at radius 3 is 2.44 bits per heavy atom. The molecule has 0 fully saturated rings. The van der Waals surface area contributed by atoms with Gasteiger partial charge in [0.2, 0.25) is 5.91 Å². The summed E-state index contributed by atoms with van der Waals surface area (Å²) in [6.45, 7) is 11.4. The fraction of sp³-hybridized carbons (Fsp3) is 0.423. The zero-order chi connectivity index (χ0) is 24.7. The van der Waals surface area contributed by atoms with Gasteiger partial charge in [-0.2, -0.15) is 0 Å². The maximum absolute atomic E-state index is 12.6. The molecule has 0 bridgehead atoms. The van der Waals surface area contributed by atoms with Gasteiger partial charge in [0.25, 0.3) is 0 Å². The lowest BCUT2D eigenvalue weighted by molar-refractivity contribution is -0.113. The first-order valence-electron chi connectivity index (χ1n) is 11.5. The van der Waals surface area contributed by atoms with Crippen molar-refractivity contribution in [3.05, 3.63) is 59.9 Å². The minimum atomic E-state index is -0.270. The number of anilines is 1. The van der Waals surface area contributed by atoms with Gasteiger partial charge in [-0.1, -0.05) is 57.7 Å². The molecule has 1 N–H and O–H groups in total. The molecule has 1 unspecified atom stereocenters. The summed E-state index contributed by atoms with van der Waals surface area (Å²) in [6, 6.07) is 16.0. The Labute approximate surface area is 211 Å². The lowest BCUT2D eigenvalue weighted by atomic mass is 10.0. The lowest BCUT2D eigenvalue weighted by Crippen LogP contribution is -2.17. The standard InChI is InChI=1S/C26H34N4O2S2/c1-17(2)15-30-25(19(5)32-22-12-10-20(11-13-22)18(3)4)28-29-26(30)34-16-24(31)27-21-8-7-9-23(14-21)33-6/h7-14,17-19H,15-16H2,1-6H3,(H,27,31). The molecule has 0 spiro atoms. The van der Waals surface area contributed by atoms with Gasteiger partial charge in [-0.05, 0) is 60.9 Å². The molecule has 0 saturated heterocycles. The number of carbonyl (C=O) groups is 1. The van der Waals surface area contributed by atoms with E-state index in [0.29, 0.717) is 11.8 Å². The fourth-order valence-electron chi connectivity index (χ4n) is 3.46. The van der Waals surface area contributed by atoms with Crippen molar-refractivity contribution in [1.29, 1.82) is 0 Å². The van der Waals surface area contributed by atoms with E-state index in [0.717, 1.165) is 33.9 Å². The average Bonchev–Trinajstić information content (AvgIpc) is 3.20. The fourth-order valence-corrected chi connectivity index (χ4v) is 4.67. The first-order chi connectivity index (χ1) is 16.3. The van der Waals surface area contributed by atoms with E-state index in [9.17, 15) is 4.79 Å². The minimum absolute atomic E-state index is 0.0709. The number of hydrogen-bond donors (Lipinski definition) is 1. The molecule has 182 valence electrons. The summed E-state index contributed by atoms with van der Waals surface area (Å²) in [7, 11) is 0. The average molecular weight is 499 g/mol. The predicted octanol–water partition coefficient (Wildman–Crippen LogP) is 6.65. The number of rotatable bonds is 11. The van der Waals surface area contributed by atoms with E-state index in [1.54, 1.807) is 11.8 Å². The first kappa shape index (κ1) is 26.2. The summed E-state index contributed by atoms with van der Waals surface area (Å²) in [5, 5.41) is 12.5. The summed E-state index contributed by atoms with van der Waals surface area (Å²) in [4.78, 5) is 13.7. The zero-order valence-electron chi connectivity index (χ0n) is 20.7. The summed E-state index contributed by atoms with van der Waals surface area (Å²) in [5.74, 6) is 2.63. The van der Waals surface area contributed by atoms with Crippen molar-refractivity contribution in [2.45, 2.75) is 63.2 Å². The molecule has 1 atom stereocenters. The summed E-state index contributed by atoms with van der Waals surface area (Å²) in [6.07, 6.45) is 1.75. The van der Waals surface area contributed by atoms with Crippen LogP contribution >= 0.6 is 23.5 Å². The van der Waals surface area contributed by atoms with Crippen molar-refractivity contribution in [3.8, 4) is 5.75 Å². The van der Waals surface area contributed by atoms with Crippen molar-refractivity contribution in [2.75, 3.05) is 17.3 Å². The van der Waals surface area contributed by atoms with Crippen molar-refractivity contribution in [1.82, 2.24) is 14.8 Å². The van der Waals surface area contributed by atoms with Gasteiger partial charge < -0.3 is 14.6 Å². The zero-order valence-corrected chi connectivity index (χ0v) is 22.4. The number of aromatic nitrogens is 3. The molecule has 0 aliphatic carbocycles. The summed E-state index contributed by atoms with van der Waals surface area (Å²) >= 11 is 3.04. The third-order valence-electron chi connectivity index (χ3n) is 5.20. The Balaban J connectivity index is 1.68. The van der Waals surface area contributed by atoms with Crippen LogP contribution in [0.25, 0.3) is 0 Å². The highest BCUT2D eigenvalue weighted by atomic mass is 32.2. The quantitative estimate of drug-likeness (QED) is 0.299. The van der Waals surface area contributed by atoms with Crippen molar-refractivity contribution < 1.29 is 9.53 Å². The van der Waals surface area contributed by atoms with Crippen molar-refractivity contribution >= 4 is 35.1 Å². The minimum Gasteiger partial charge on any atom is -0.483 e. The lowest BCUT2D eigenvalue weighted by Gasteiger charge is -2.18. The van der Waals surface area contributed by atoms with Gasteiger partial charge in [0, 0.05) is 17.1 Å². The van der Waals surface area contributed by atoms with Gasteiger partial charge in [-0.25, -0.2) is 0 Å². The van der Waals surface area contributed by atoms with Crippen LogP contribution < -0.4 is 10.1 Å². The second-order valence-electron chi connectivity index (χ2n) is 8.90.